The van der Waals surface area contributed by atoms with Crippen molar-refractivity contribution in [1.29, 1.82) is 0 Å². The molecule has 5 nitrogen and oxygen atoms in total. The second-order valence-electron chi connectivity index (χ2n) is 4.95. The van der Waals surface area contributed by atoms with E-state index in [0.717, 1.165) is 19.3 Å². The maximum atomic E-state index is 12.1. The fourth-order valence-corrected chi connectivity index (χ4v) is 2.28. The van der Waals surface area contributed by atoms with E-state index < -0.39 is 6.61 Å². The van der Waals surface area contributed by atoms with Crippen LogP contribution in [-0.2, 0) is 4.79 Å². The third-order valence-corrected chi connectivity index (χ3v) is 3.28. The van der Waals surface area contributed by atoms with Crippen molar-refractivity contribution in [2.24, 2.45) is 0 Å². The second-order valence-corrected chi connectivity index (χ2v) is 4.95. The monoisotopic (exact) mass is 299 g/mol. The Hall–Kier alpha value is -1.73. The zero-order valence-electron chi connectivity index (χ0n) is 11.7. The molecule has 7 heteroatoms. The summed E-state index contributed by atoms with van der Waals surface area (Å²) in [5.41, 5.74) is 6.60. The molecule has 1 heterocycles. The van der Waals surface area contributed by atoms with Gasteiger partial charge >= 0.3 is 6.61 Å². The van der Waals surface area contributed by atoms with Crippen LogP contribution in [0.2, 0.25) is 0 Å². The van der Waals surface area contributed by atoms with Crippen LogP contribution in [0.4, 0.5) is 14.5 Å². The number of carbonyl (C=O) groups excluding carboxylic acids is 1. The summed E-state index contributed by atoms with van der Waals surface area (Å²) in [6, 6.07) is 5.85. The van der Waals surface area contributed by atoms with Gasteiger partial charge in [-0.15, -0.1) is 0 Å². The molecule has 0 spiro atoms. The normalized spacial score (nSPS) is 21.5. The molecule has 21 heavy (non-hydrogen) atoms. The number of ether oxygens (including phenoxy) is 1. The molecule has 1 aromatic rings. The highest BCUT2D eigenvalue weighted by atomic mass is 19.3. The lowest BCUT2D eigenvalue weighted by atomic mass is 10.1. The lowest BCUT2D eigenvalue weighted by Gasteiger charge is -2.11. The molecule has 2 rings (SSSR count). The summed E-state index contributed by atoms with van der Waals surface area (Å²) in [5.74, 6) is -0.0877. The van der Waals surface area contributed by atoms with E-state index in [1.807, 2.05) is 0 Å². The van der Waals surface area contributed by atoms with Crippen molar-refractivity contribution in [3.8, 4) is 5.75 Å². The SMILES string of the molecule is CCCC1CC(C(=O)Nc2ccc(OC(F)F)cc2)NN1. The molecular formula is C14H19F2N3O2. The van der Waals surface area contributed by atoms with Crippen molar-refractivity contribution >= 4 is 11.6 Å². The molecule has 1 amide bonds. The number of nitrogens with one attached hydrogen (secondary N) is 3. The Morgan fingerprint density at radius 3 is 2.71 bits per heavy atom. The number of benzene rings is 1. The summed E-state index contributed by atoms with van der Waals surface area (Å²) in [7, 11) is 0. The van der Waals surface area contributed by atoms with Gasteiger partial charge < -0.3 is 10.1 Å². The van der Waals surface area contributed by atoms with E-state index >= 15 is 0 Å². The van der Waals surface area contributed by atoms with Gasteiger partial charge in [0.1, 0.15) is 11.8 Å². The molecular weight excluding hydrogens is 280 g/mol. The number of rotatable bonds is 6. The van der Waals surface area contributed by atoms with E-state index in [0.29, 0.717) is 11.7 Å². The predicted molar refractivity (Wildman–Crippen MR) is 75.1 cm³/mol. The lowest BCUT2D eigenvalue weighted by molar-refractivity contribution is -0.117. The summed E-state index contributed by atoms with van der Waals surface area (Å²) >= 11 is 0. The fourth-order valence-electron chi connectivity index (χ4n) is 2.28. The number of alkyl halides is 2. The van der Waals surface area contributed by atoms with Crippen LogP contribution in [0.1, 0.15) is 26.2 Å². The lowest BCUT2D eigenvalue weighted by Crippen LogP contribution is -2.40. The quantitative estimate of drug-likeness (QED) is 0.754. The Kier molecular flexibility index (Phi) is 5.46. The van der Waals surface area contributed by atoms with Gasteiger partial charge in [0.2, 0.25) is 5.91 Å². The molecule has 1 aliphatic heterocycles. The van der Waals surface area contributed by atoms with E-state index in [2.05, 4.69) is 27.8 Å². The smallest absolute Gasteiger partial charge is 0.387 e. The topological polar surface area (TPSA) is 62.4 Å². The number of carbonyl (C=O) groups is 1. The fraction of sp³-hybridized carbons (Fsp3) is 0.500. The van der Waals surface area contributed by atoms with Crippen LogP contribution in [0.15, 0.2) is 24.3 Å². The van der Waals surface area contributed by atoms with E-state index in [4.69, 9.17) is 0 Å². The van der Waals surface area contributed by atoms with Crippen molar-refractivity contribution in [3.05, 3.63) is 24.3 Å². The Balaban J connectivity index is 1.85. The number of hydrazine groups is 1. The van der Waals surface area contributed by atoms with E-state index in [1.165, 1.54) is 24.3 Å². The Morgan fingerprint density at radius 2 is 2.10 bits per heavy atom. The van der Waals surface area contributed by atoms with Gasteiger partial charge in [-0.1, -0.05) is 13.3 Å². The summed E-state index contributed by atoms with van der Waals surface area (Å²) in [6.45, 7) is -0.757. The number of hydrogen-bond donors (Lipinski definition) is 3. The molecule has 0 radical (unpaired) electrons. The van der Waals surface area contributed by atoms with Gasteiger partial charge in [0.25, 0.3) is 0 Å². The third kappa shape index (κ3) is 4.64. The molecule has 1 aromatic carbocycles. The van der Waals surface area contributed by atoms with E-state index in [9.17, 15) is 13.6 Å². The zero-order chi connectivity index (χ0) is 15.2. The molecule has 0 aromatic heterocycles. The highest BCUT2D eigenvalue weighted by Crippen LogP contribution is 2.18. The largest absolute Gasteiger partial charge is 0.435 e. The summed E-state index contributed by atoms with van der Waals surface area (Å²) in [4.78, 5) is 12.1. The van der Waals surface area contributed by atoms with Gasteiger partial charge in [-0.25, -0.2) is 5.43 Å². The summed E-state index contributed by atoms with van der Waals surface area (Å²) in [5, 5.41) is 2.74. The highest BCUT2D eigenvalue weighted by Gasteiger charge is 2.28. The molecule has 1 fully saturated rings. The molecule has 0 aliphatic carbocycles. The van der Waals surface area contributed by atoms with Crippen LogP contribution in [0.25, 0.3) is 0 Å². The molecule has 3 N–H and O–H groups in total. The zero-order valence-corrected chi connectivity index (χ0v) is 11.7. The highest BCUT2D eigenvalue weighted by molar-refractivity contribution is 5.95. The molecule has 1 saturated heterocycles. The van der Waals surface area contributed by atoms with Crippen LogP contribution in [0, 0.1) is 0 Å². The number of anilines is 1. The van der Waals surface area contributed by atoms with Crippen molar-refractivity contribution in [2.75, 3.05) is 5.32 Å². The maximum absolute atomic E-state index is 12.1. The van der Waals surface area contributed by atoms with Gasteiger partial charge in [0.05, 0.1) is 0 Å². The second kappa shape index (κ2) is 7.33. The molecule has 0 bridgehead atoms. The third-order valence-electron chi connectivity index (χ3n) is 3.28. The molecule has 2 atom stereocenters. The average Bonchev–Trinajstić information content (AvgIpc) is 2.89. The molecule has 1 aliphatic rings. The standard InChI is InChI=1S/C14H19F2N3O2/c1-2-3-10-8-12(19-18-10)13(20)17-9-4-6-11(7-5-9)21-14(15)16/h4-7,10,12,14,18-19H,2-3,8H2,1H3,(H,17,20). The minimum absolute atomic E-state index is 0.0617. The molecule has 0 saturated carbocycles. The minimum Gasteiger partial charge on any atom is -0.435 e. The number of hydrogen-bond acceptors (Lipinski definition) is 4. The van der Waals surface area contributed by atoms with Crippen LogP contribution < -0.4 is 20.9 Å². The maximum Gasteiger partial charge on any atom is 0.387 e. The summed E-state index contributed by atoms with van der Waals surface area (Å²) in [6.07, 6.45) is 2.79. The van der Waals surface area contributed by atoms with Gasteiger partial charge in [-0.05, 0) is 37.1 Å². The van der Waals surface area contributed by atoms with Gasteiger partial charge in [0.15, 0.2) is 0 Å². The van der Waals surface area contributed by atoms with E-state index in [-0.39, 0.29) is 17.7 Å². The van der Waals surface area contributed by atoms with E-state index in [1.54, 1.807) is 0 Å². The Bertz CT molecular complexity index is 468. The number of halogens is 2. The molecule has 2 unspecified atom stereocenters. The Morgan fingerprint density at radius 1 is 1.38 bits per heavy atom. The van der Waals surface area contributed by atoms with Crippen LogP contribution in [0.5, 0.6) is 5.75 Å². The molecule has 116 valence electrons. The van der Waals surface area contributed by atoms with Gasteiger partial charge in [-0.2, -0.15) is 8.78 Å². The van der Waals surface area contributed by atoms with Crippen LogP contribution in [0.3, 0.4) is 0 Å². The average molecular weight is 299 g/mol. The minimum atomic E-state index is -2.85. The van der Waals surface area contributed by atoms with Crippen molar-refractivity contribution < 1.29 is 18.3 Å². The van der Waals surface area contributed by atoms with Crippen LogP contribution in [-0.4, -0.2) is 24.6 Å². The van der Waals surface area contributed by atoms with Crippen molar-refractivity contribution in [3.63, 3.8) is 0 Å². The van der Waals surface area contributed by atoms with Crippen LogP contribution >= 0.6 is 0 Å². The van der Waals surface area contributed by atoms with Gasteiger partial charge in [0, 0.05) is 11.7 Å². The number of amides is 1. The Labute approximate surface area is 122 Å². The first-order valence-electron chi connectivity index (χ1n) is 6.95. The first-order valence-corrected chi connectivity index (χ1v) is 6.95. The van der Waals surface area contributed by atoms with Crippen molar-refractivity contribution in [2.45, 2.75) is 44.9 Å². The van der Waals surface area contributed by atoms with Gasteiger partial charge in [-0.3, -0.25) is 10.2 Å². The summed E-state index contributed by atoms with van der Waals surface area (Å²) < 4.78 is 28.3. The first-order chi connectivity index (χ1) is 10.1. The predicted octanol–water partition coefficient (Wildman–Crippen LogP) is 2.26. The van der Waals surface area contributed by atoms with Crippen molar-refractivity contribution in [1.82, 2.24) is 10.9 Å². The first kappa shape index (κ1) is 15.7.